The summed E-state index contributed by atoms with van der Waals surface area (Å²) in [5.74, 6) is 1.47. The van der Waals surface area contributed by atoms with Crippen LogP contribution in [0.2, 0.25) is 0 Å². The lowest BCUT2D eigenvalue weighted by atomic mass is 9.70. The number of carbonyl (C=O) groups is 1. The van der Waals surface area contributed by atoms with Gasteiger partial charge >= 0.3 is 5.97 Å². The van der Waals surface area contributed by atoms with E-state index in [4.69, 9.17) is 14.2 Å². The molecule has 7 heteroatoms. The second-order valence-corrected chi connectivity index (χ2v) is 7.09. The number of nitrogens with one attached hydrogen (secondary N) is 1. The standard InChI is InChI=1S/C18H24N2O5/c1-23-13-8-15-14(24-11-25-15)7-12(13)9-20-6-3-16-18(10-20,17(21)22)4-2-5-19-16/h7-8,16,19H,2-6,9-11H2,1H3,(H,21,22)/t16-,18+/m0/s1. The van der Waals surface area contributed by atoms with Crippen molar-refractivity contribution >= 4 is 5.97 Å². The Morgan fingerprint density at radius 3 is 3.00 bits per heavy atom. The molecule has 0 aromatic heterocycles. The van der Waals surface area contributed by atoms with Crippen LogP contribution in [0.1, 0.15) is 24.8 Å². The second-order valence-electron chi connectivity index (χ2n) is 7.09. The van der Waals surface area contributed by atoms with E-state index in [-0.39, 0.29) is 12.8 Å². The maximum absolute atomic E-state index is 12.1. The van der Waals surface area contributed by atoms with Gasteiger partial charge in [0.1, 0.15) is 5.75 Å². The van der Waals surface area contributed by atoms with E-state index >= 15 is 0 Å². The van der Waals surface area contributed by atoms with Crippen LogP contribution in [-0.2, 0) is 11.3 Å². The molecular weight excluding hydrogens is 324 g/mol. The van der Waals surface area contributed by atoms with Gasteiger partial charge in [0.05, 0.1) is 12.5 Å². The summed E-state index contributed by atoms with van der Waals surface area (Å²) in [6.45, 7) is 3.19. The van der Waals surface area contributed by atoms with Gasteiger partial charge < -0.3 is 24.6 Å². The van der Waals surface area contributed by atoms with Crippen LogP contribution in [0.4, 0.5) is 0 Å². The van der Waals surface area contributed by atoms with Gasteiger partial charge in [-0.25, -0.2) is 0 Å². The molecule has 0 spiro atoms. The summed E-state index contributed by atoms with van der Waals surface area (Å²) >= 11 is 0. The van der Waals surface area contributed by atoms with Crippen molar-refractivity contribution in [2.75, 3.05) is 33.5 Å². The average Bonchev–Trinajstić information content (AvgIpc) is 3.08. The summed E-state index contributed by atoms with van der Waals surface area (Å²) in [5.41, 5.74) is 0.301. The van der Waals surface area contributed by atoms with Crippen molar-refractivity contribution in [1.82, 2.24) is 10.2 Å². The van der Waals surface area contributed by atoms with Crippen LogP contribution in [-0.4, -0.2) is 55.6 Å². The first kappa shape index (κ1) is 16.5. The third-order valence-electron chi connectivity index (χ3n) is 5.69. The fourth-order valence-electron chi connectivity index (χ4n) is 4.39. The molecule has 1 aromatic carbocycles. The molecule has 2 atom stereocenters. The molecule has 4 rings (SSSR count). The number of benzene rings is 1. The largest absolute Gasteiger partial charge is 0.496 e. The zero-order valence-electron chi connectivity index (χ0n) is 14.4. The number of ether oxygens (including phenoxy) is 3. The first-order valence-electron chi connectivity index (χ1n) is 8.78. The van der Waals surface area contributed by atoms with Gasteiger partial charge in [0, 0.05) is 37.3 Å². The van der Waals surface area contributed by atoms with E-state index in [1.165, 1.54) is 0 Å². The van der Waals surface area contributed by atoms with Gasteiger partial charge in [-0.05, 0) is 31.9 Å². The maximum atomic E-state index is 12.1. The van der Waals surface area contributed by atoms with Crippen molar-refractivity contribution in [3.63, 3.8) is 0 Å². The molecule has 2 fully saturated rings. The highest BCUT2D eigenvalue weighted by molar-refractivity contribution is 5.76. The Balaban J connectivity index is 1.56. The number of piperidine rings is 2. The summed E-state index contributed by atoms with van der Waals surface area (Å²) in [5, 5.41) is 13.3. The second kappa shape index (κ2) is 6.38. The van der Waals surface area contributed by atoms with Gasteiger partial charge in [-0.3, -0.25) is 9.69 Å². The fourth-order valence-corrected chi connectivity index (χ4v) is 4.39. The summed E-state index contributed by atoms with van der Waals surface area (Å²) in [4.78, 5) is 14.3. The van der Waals surface area contributed by atoms with Gasteiger partial charge in [0.15, 0.2) is 11.5 Å². The molecule has 0 unspecified atom stereocenters. The number of nitrogens with zero attached hydrogens (tertiary/aromatic N) is 1. The van der Waals surface area contributed by atoms with Gasteiger partial charge in [-0.1, -0.05) is 0 Å². The number of rotatable bonds is 4. The van der Waals surface area contributed by atoms with Crippen LogP contribution < -0.4 is 19.5 Å². The van der Waals surface area contributed by atoms with E-state index in [1.807, 2.05) is 12.1 Å². The van der Waals surface area contributed by atoms with E-state index in [2.05, 4.69) is 10.2 Å². The van der Waals surface area contributed by atoms with Crippen LogP contribution in [0, 0.1) is 5.41 Å². The monoisotopic (exact) mass is 348 g/mol. The third-order valence-corrected chi connectivity index (χ3v) is 5.69. The van der Waals surface area contributed by atoms with Crippen molar-refractivity contribution in [1.29, 1.82) is 0 Å². The lowest BCUT2D eigenvalue weighted by molar-refractivity contribution is -0.157. The first-order valence-corrected chi connectivity index (χ1v) is 8.78. The lowest BCUT2D eigenvalue weighted by Gasteiger charge is -2.48. The molecule has 3 aliphatic rings. The molecule has 136 valence electrons. The van der Waals surface area contributed by atoms with Crippen molar-refractivity contribution in [3.8, 4) is 17.2 Å². The first-order chi connectivity index (χ1) is 12.1. The zero-order valence-corrected chi connectivity index (χ0v) is 14.4. The summed E-state index contributed by atoms with van der Waals surface area (Å²) < 4.78 is 16.4. The number of hydrogen-bond donors (Lipinski definition) is 2. The molecular formula is C18H24N2O5. The molecule has 2 N–H and O–H groups in total. The number of hydrogen-bond acceptors (Lipinski definition) is 6. The Morgan fingerprint density at radius 1 is 1.44 bits per heavy atom. The van der Waals surface area contributed by atoms with Crippen molar-refractivity contribution < 1.29 is 24.1 Å². The summed E-state index contributed by atoms with van der Waals surface area (Å²) in [7, 11) is 1.64. The summed E-state index contributed by atoms with van der Waals surface area (Å²) in [6, 6.07) is 3.85. The Kier molecular flexibility index (Phi) is 4.21. The van der Waals surface area contributed by atoms with Crippen LogP contribution in [0.3, 0.4) is 0 Å². The number of fused-ring (bicyclic) bond motifs is 2. The van der Waals surface area contributed by atoms with Gasteiger partial charge in [-0.15, -0.1) is 0 Å². The van der Waals surface area contributed by atoms with E-state index in [1.54, 1.807) is 7.11 Å². The van der Waals surface area contributed by atoms with E-state index in [9.17, 15) is 9.90 Å². The molecule has 0 saturated carbocycles. The van der Waals surface area contributed by atoms with Gasteiger partial charge in [0.25, 0.3) is 0 Å². The average molecular weight is 348 g/mol. The van der Waals surface area contributed by atoms with Crippen molar-refractivity contribution in [3.05, 3.63) is 17.7 Å². The quantitative estimate of drug-likeness (QED) is 0.852. The Morgan fingerprint density at radius 2 is 2.24 bits per heavy atom. The smallest absolute Gasteiger partial charge is 0.312 e. The SMILES string of the molecule is COc1cc2c(cc1CN1CC[C@@H]3NCCC[C@@]3(C(=O)O)C1)OCO2. The molecule has 7 nitrogen and oxygen atoms in total. The minimum atomic E-state index is -0.694. The molecule has 0 amide bonds. The van der Waals surface area contributed by atoms with E-state index in [0.29, 0.717) is 18.8 Å². The van der Waals surface area contributed by atoms with Crippen molar-refractivity contribution in [2.45, 2.75) is 31.8 Å². The van der Waals surface area contributed by atoms with Crippen LogP contribution in [0.25, 0.3) is 0 Å². The van der Waals surface area contributed by atoms with Crippen LogP contribution in [0.15, 0.2) is 12.1 Å². The van der Waals surface area contributed by atoms with Crippen LogP contribution >= 0.6 is 0 Å². The Bertz CT molecular complexity index is 680. The predicted molar refractivity (Wildman–Crippen MR) is 90.1 cm³/mol. The fraction of sp³-hybridized carbons (Fsp3) is 0.611. The summed E-state index contributed by atoms with van der Waals surface area (Å²) in [6.07, 6.45) is 2.48. The highest BCUT2D eigenvalue weighted by Crippen LogP contribution is 2.41. The molecule has 3 heterocycles. The number of likely N-dealkylation sites (tertiary alicyclic amines) is 1. The zero-order chi connectivity index (χ0) is 17.4. The number of carboxylic acid groups (broad SMARTS) is 1. The molecule has 0 aliphatic carbocycles. The number of methoxy groups -OCH3 is 1. The topological polar surface area (TPSA) is 80.3 Å². The van der Waals surface area contributed by atoms with E-state index in [0.717, 1.165) is 49.4 Å². The molecule has 0 bridgehead atoms. The maximum Gasteiger partial charge on any atom is 0.312 e. The number of carboxylic acids is 1. The van der Waals surface area contributed by atoms with E-state index < -0.39 is 11.4 Å². The highest BCUT2D eigenvalue weighted by Gasteiger charge is 2.50. The van der Waals surface area contributed by atoms with Crippen LogP contribution in [0.5, 0.6) is 17.2 Å². The van der Waals surface area contributed by atoms with Gasteiger partial charge in [0.2, 0.25) is 6.79 Å². The Labute approximate surface area is 146 Å². The Hall–Kier alpha value is -1.99. The highest BCUT2D eigenvalue weighted by atomic mass is 16.7. The predicted octanol–water partition coefficient (Wildman–Crippen LogP) is 1.45. The molecule has 1 aromatic rings. The molecule has 2 saturated heterocycles. The lowest BCUT2D eigenvalue weighted by Crippen LogP contribution is -2.62. The normalized spacial score (nSPS) is 28.4. The molecule has 0 radical (unpaired) electrons. The van der Waals surface area contributed by atoms with Crippen molar-refractivity contribution in [2.24, 2.45) is 5.41 Å². The number of aliphatic carboxylic acids is 1. The minimum Gasteiger partial charge on any atom is -0.496 e. The minimum absolute atomic E-state index is 0.0636. The van der Waals surface area contributed by atoms with Gasteiger partial charge in [-0.2, -0.15) is 0 Å². The molecule has 3 aliphatic heterocycles. The third kappa shape index (κ3) is 2.81. The molecule has 25 heavy (non-hydrogen) atoms.